The van der Waals surface area contributed by atoms with E-state index in [1.807, 2.05) is 0 Å². The summed E-state index contributed by atoms with van der Waals surface area (Å²) >= 11 is 0. The van der Waals surface area contributed by atoms with E-state index in [9.17, 15) is 4.79 Å². The van der Waals surface area contributed by atoms with Crippen molar-refractivity contribution in [1.82, 2.24) is 0 Å². The molecule has 1 heterocycles. The van der Waals surface area contributed by atoms with Gasteiger partial charge in [-0.3, -0.25) is 4.89 Å². The highest BCUT2D eigenvalue weighted by Crippen LogP contribution is 2.23. The maximum Gasteiger partial charge on any atom is 0.541 e. The Morgan fingerprint density at radius 2 is 2.00 bits per heavy atom. The first-order valence-corrected chi connectivity index (χ1v) is 4.20. The van der Waals surface area contributed by atoms with Crippen LogP contribution >= 0.6 is 0 Å². The first kappa shape index (κ1) is 11.2. The van der Waals surface area contributed by atoms with Crippen molar-refractivity contribution >= 4 is 6.16 Å². The molecule has 0 aromatic rings. The summed E-state index contributed by atoms with van der Waals surface area (Å²) < 4.78 is 4.82. The van der Waals surface area contributed by atoms with E-state index in [0.29, 0.717) is 0 Å². The Hall–Kier alpha value is -0.850. The molecule has 14 heavy (non-hydrogen) atoms. The molecule has 0 aromatic carbocycles. The van der Waals surface area contributed by atoms with Gasteiger partial charge in [-0.15, -0.1) is 4.89 Å². The van der Waals surface area contributed by atoms with Gasteiger partial charge in [0.1, 0.15) is 12.2 Å². The van der Waals surface area contributed by atoms with E-state index in [0.717, 1.165) is 0 Å². The van der Waals surface area contributed by atoms with Gasteiger partial charge in [-0.1, -0.05) is 0 Å². The molecule has 0 aliphatic carbocycles. The zero-order valence-electron chi connectivity index (χ0n) is 8.66. The van der Waals surface area contributed by atoms with Crippen LogP contribution in [0.3, 0.4) is 0 Å². The molecule has 0 amide bonds. The van der Waals surface area contributed by atoms with E-state index in [-0.39, 0.29) is 6.61 Å². The predicted octanol–water partition coefficient (Wildman–Crippen LogP) is 1.55. The molecule has 0 N–H and O–H groups in total. The first-order valence-electron chi connectivity index (χ1n) is 4.20. The number of hydrogen-bond donors (Lipinski definition) is 0. The van der Waals surface area contributed by atoms with Crippen molar-refractivity contribution in [1.29, 1.82) is 0 Å². The van der Waals surface area contributed by atoms with Gasteiger partial charge >= 0.3 is 6.16 Å². The van der Waals surface area contributed by atoms with Gasteiger partial charge in [-0.2, -0.15) is 4.89 Å². The summed E-state index contributed by atoms with van der Waals surface area (Å²) in [4.78, 5) is 28.9. The van der Waals surface area contributed by atoms with E-state index in [4.69, 9.17) is 4.74 Å². The molecule has 1 atom stereocenters. The van der Waals surface area contributed by atoms with Crippen LogP contribution in [0, 0.1) is 0 Å². The maximum atomic E-state index is 11.0. The van der Waals surface area contributed by atoms with Gasteiger partial charge in [0, 0.05) is 0 Å². The Kier molecular flexibility index (Phi) is 2.98. The van der Waals surface area contributed by atoms with E-state index >= 15 is 0 Å². The number of rotatable bonds is 2. The largest absolute Gasteiger partial charge is 0.541 e. The number of hydrogen-bond acceptors (Lipinski definition) is 6. The minimum Gasteiger partial charge on any atom is -0.427 e. The molecule has 1 fully saturated rings. The van der Waals surface area contributed by atoms with Gasteiger partial charge < -0.3 is 4.74 Å². The Labute approximate surface area is 81.9 Å². The fourth-order valence-electron chi connectivity index (χ4n) is 0.652. The lowest BCUT2D eigenvalue weighted by Crippen LogP contribution is -2.47. The van der Waals surface area contributed by atoms with Crippen molar-refractivity contribution in [2.45, 2.75) is 39.1 Å². The standard InChI is InChI=1S/C8H14O6/c1-7(2,3)11-6(9)12-14-8(4)5-10-13-8/h5H2,1-4H3. The zero-order valence-corrected chi connectivity index (χ0v) is 8.66. The molecular weight excluding hydrogens is 192 g/mol. The molecule has 82 valence electrons. The van der Waals surface area contributed by atoms with Crippen molar-refractivity contribution in [2.75, 3.05) is 6.61 Å². The highest BCUT2D eigenvalue weighted by molar-refractivity contribution is 5.59. The fraction of sp³-hybridized carbons (Fsp3) is 0.875. The maximum absolute atomic E-state index is 11.0. The minimum absolute atomic E-state index is 0.204. The third-order valence-electron chi connectivity index (χ3n) is 1.23. The van der Waals surface area contributed by atoms with Gasteiger partial charge in [0.2, 0.25) is 0 Å². The van der Waals surface area contributed by atoms with Crippen LogP contribution in [0.25, 0.3) is 0 Å². The summed E-state index contributed by atoms with van der Waals surface area (Å²) in [5.74, 6) is -1.02. The van der Waals surface area contributed by atoms with E-state index in [2.05, 4.69) is 19.6 Å². The minimum atomic E-state index is -1.02. The van der Waals surface area contributed by atoms with Gasteiger partial charge in [0.05, 0.1) is 0 Å². The van der Waals surface area contributed by atoms with E-state index < -0.39 is 17.5 Å². The van der Waals surface area contributed by atoms with Gasteiger partial charge in [-0.25, -0.2) is 9.68 Å². The van der Waals surface area contributed by atoms with Crippen molar-refractivity contribution in [2.24, 2.45) is 0 Å². The molecule has 0 bridgehead atoms. The average Bonchev–Trinajstić information content (AvgIpc) is 1.94. The summed E-state index contributed by atoms with van der Waals surface area (Å²) in [5.41, 5.74) is -0.613. The second-order valence-corrected chi connectivity index (χ2v) is 4.11. The van der Waals surface area contributed by atoms with Crippen molar-refractivity contribution < 1.29 is 29.1 Å². The average molecular weight is 206 g/mol. The van der Waals surface area contributed by atoms with Crippen LogP contribution < -0.4 is 0 Å². The van der Waals surface area contributed by atoms with Crippen LogP contribution in [-0.4, -0.2) is 24.2 Å². The lowest BCUT2D eigenvalue weighted by atomic mass is 10.2. The van der Waals surface area contributed by atoms with Crippen molar-refractivity contribution in [3.05, 3.63) is 0 Å². The molecule has 6 heteroatoms. The highest BCUT2D eigenvalue weighted by atomic mass is 17.4. The normalized spacial score (nSPS) is 26.6. The summed E-state index contributed by atoms with van der Waals surface area (Å²) in [7, 11) is 0. The topological polar surface area (TPSA) is 63.2 Å². The molecule has 6 nitrogen and oxygen atoms in total. The molecule has 1 rings (SSSR count). The SMILES string of the molecule is CC(C)(C)OC(=O)OOC1(C)COO1. The second-order valence-electron chi connectivity index (χ2n) is 4.11. The molecule has 0 aromatic heterocycles. The summed E-state index contributed by atoms with van der Waals surface area (Å²) in [6, 6.07) is 0. The van der Waals surface area contributed by atoms with Gasteiger partial charge in [0.15, 0.2) is 0 Å². The third kappa shape index (κ3) is 3.49. The molecule has 1 saturated heterocycles. The number of carbonyl (C=O) groups is 1. The predicted molar refractivity (Wildman–Crippen MR) is 43.8 cm³/mol. The Morgan fingerprint density at radius 3 is 2.36 bits per heavy atom. The summed E-state index contributed by atoms with van der Waals surface area (Å²) in [5, 5.41) is 0. The van der Waals surface area contributed by atoms with Crippen LogP contribution in [-0.2, 0) is 24.3 Å². The van der Waals surface area contributed by atoms with E-state index in [1.165, 1.54) is 0 Å². The van der Waals surface area contributed by atoms with Crippen molar-refractivity contribution in [3.8, 4) is 0 Å². The van der Waals surface area contributed by atoms with Crippen LogP contribution in [0.2, 0.25) is 0 Å². The van der Waals surface area contributed by atoms with Crippen molar-refractivity contribution in [3.63, 3.8) is 0 Å². The first-order chi connectivity index (χ1) is 6.31. The zero-order chi connectivity index (χ0) is 10.8. The number of ether oxygens (including phenoxy) is 1. The van der Waals surface area contributed by atoms with E-state index in [1.54, 1.807) is 27.7 Å². The van der Waals surface area contributed by atoms with Crippen LogP contribution in [0.15, 0.2) is 0 Å². The highest BCUT2D eigenvalue weighted by Gasteiger charge is 2.41. The Bertz CT molecular complexity index is 214. The van der Waals surface area contributed by atoms with Crippen LogP contribution in [0.1, 0.15) is 27.7 Å². The molecule has 0 radical (unpaired) electrons. The molecule has 0 spiro atoms. The summed E-state index contributed by atoms with van der Waals surface area (Å²) in [6.07, 6.45) is -0.908. The lowest BCUT2D eigenvalue weighted by Gasteiger charge is -2.32. The number of carbonyl (C=O) groups excluding carboxylic acids is 1. The lowest BCUT2D eigenvalue weighted by molar-refractivity contribution is -0.581. The molecular formula is C8H14O6. The molecule has 1 aliphatic rings. The smallest absolute Gasteiger partial charge is 0.427 e. The monoisotopic (exact) mass is 206 g/mol. The Balaban J connectivity index is 2.21. The van der Waals surface area contributed by atoms with Gasteiger partial charge in [0.25, 0.3) is 5.79 Å². The summed E-state index contributed by atoms with van der Waals surface area (Å²) in [6.45, 7) is 6.94. The van der Waals surface area contributed by atoms with Gasteiger partial charge in [-0.05, 0) is 27.7 Å². The fourth-order valence-corrected chi connectivity index (χ4v) is 0.652. The molecule has 1 aliphatic heterocycles. The Morgan fingerprint density at radius 1 is 1.43 bits per heavy atom. The molecule has 1 unspecified atom stereocenters. The van der Waals surface area contributed by atoms with Crippen LogP contribution in [0.5, 0.6) is 0 Å². The second kappa shape index (κ2) is 3.72. The quantitative estimate of drug-likeness (QED) is 0.388. The van der Waals surface area contributed by atoms with Crippen LogP contribution in [0.4, 0.5) is 4.79 Å². The third-order valence-corrected chi connectivity index (χ3v) is 1.23. The molecule has 0 saturated carbocycles.